The molecule has 0 bridgehead atoms. The highest BCUT2D eigenvalue weighted by Crippen LogP contribution is 2.32. The third-order valence-electron chi connectivity index (χ3n) is 4.61. The monoisotopic (exact) mass is 435 g/mol. The van der Waals surface area contributed by atoms with Crippen LogP contribution in [0.4, 0.5) is 5.69 Å². The van der Waals surface area contributed by atoms with Crippen LogP contribution in [0.25, 0.3) is 22.1 Å². The summed E-state index contributed by atoms with van der Waals surface area (Å²) in [7, 11) is 1.49. The van der Waals surface area contributed by atoms with Crippen LogP contribution in [0.15, 0.2) is 82.0 Å². The van der Waals surface area contributed by atoms with Gasteiger partial charge in [0.2, 0.25) is 0 Å². The van der Waals surface area contributed by atoms with Gasteiger partial charge in [-0.3, -0.25) is 4.79 Å². The van der Waals surface area contributed by atoms with Crippen LogP contribution in [0, 0.1) is 0 Å². The van der Waals surface area contributed by atoms with Crippen molar-refractivity contribution in [2.45, 2.75) is 0 Å². The quantitative estimate of drug-likeness (QED) is 0.424. The third kappa shape index (κ3) is 4.54. The summed E-state index contributed by atoms with van der Waals surface area (Å²) in [6, 6.07) is 21.0. The van der Waals surface area contributed by atoms with Crippen molar-refractivity contribution >= 4 is 34.2 Å². The summed E-state index contributed by atoms with van der Waals surface area (Å²) >= 11 is 6.03. The van der Waals surface area contributed by atoms with Gasteiger partial charge >= 0.3 is 5.63 Å². The largest absolute Gasteiger partial charge is 0.496 e. The molecule has 1 amide bonds. The zero-order valence-electron chi connectivity index (χ0n) is 16.6. The van der Waals surface area contributed by atoms with E-state index >= 15 is 0 Å². The fourth-order valence-corrected chi connectivity index (χ4v) is 3.33. The molecule has 0 saturated heterocycles. The summed E-state index contributed by atoms with van der Waals surface area (Å²) in [6.45, 7) is -0.206. The maximum atomic E-state index is 12.5. The van der Waals surface area contributed by atoms with Gasteiger partial charge in [-0.15, -0.1) is 0 Å². The first-order valence-corrected chi connectivity index (χ1v) is 9.81. The molecule has 0 aliphatic rings. The molecule has 0 spiro atoms. The summed E-state index contributed by atoms with van der Waals surface area (Å²) in [5, 5.41) is 3.97. The number of ether oxygens (including phenoxy) is 2. The first kappa shape index (κ1) is 20.5. The van der Waals surface area contributed by atoms with Gasteiger partial charge in [-0.25, -0.2) is 4.79 Å². The molecule has 0 aliphatic carbocycles. The average Bonchev–Trinajstić information content (AvgIpc) is 2.78. The average molecular weight is 436 g/mol. The summed E-state index contributed by atoms with van der Waals surface area (Å²) < 4.78 is 16.3. The van der Waals surface area contributed by atoms with E-state index < -0.39 is 5.63 Å². The highest BCUT2D eigenvalue weighted by Gasteiger charge is 2.14. The molecule has 1 N–H and O–H groups in total. The fourth-order valence-electron chi connectivity index (χ4n) is 3.14. The minimum atomic E-state index is -0.470. The molecule has 0 aliphatic heterocycles. The topological polar surface area (TPSA) is 77.8 Å². The Bertz CT molecular complexity index is 1310. The van der Waals surface area contributed by atoms with E-state index in [0.29, 0.717) is 38.9 Å². The Labute approximate surface area is 183 Å². The maximum Gasteiger partial charge on any atom is 0.344 e. The van der Waals surface area contributed by atoms with Crippen LogP contribution >= 0.6 is 11.6 Å². The van der Waals surface area contributed by atoms with Crippen LogP contribution in [0.5, 0.6) is 11.5 Å². The first-order valence-electron chi connectivity index (χ1n) is 9.43. The van der Waals surface area contributed by atoms with Gasteiger partial charge in [0.1, 0.15) is 17.1 Å². The van der Waals surface area contributed by atoms with Gasteiger partial charge in [-0.2, -0.15) is 0 Å². The second-order valence-corrected chi connectivity index (χ2v) is 7.07. The SMILES string of the molecule is COc1cc(NC(=O)COc2ccccc2Cl)ccc1-c1cc2ccccc2oc1=O. The number of para-hydroxylation sites is 2. The summed E-state index contributed by atoms with van der Waals surface area (Å²) in [5.74, 6) is 0.489. The molecule has 3 aromatic carbocycles. The fraction of sp³-hybridized carbons (Fsp3) is 0.0833. The van der Waals surface area contributed by atoms with E-state index in [0.717, 1.165) is 5.39 Å². The van der Waals surface area contributed by atoms with Crippen molar-refractivity contribution in [2.24, 2.45) is 0 Å². The molecule has 1 heterocycles. The van der Waals surface area contributed by atoms with Crippen molar-refractivity contribution in [3.05, 3.63) is 88.2 Å². The minimum absolute atomic E-state index is 0.206. The van der Waals surface area contributed by atoms with E-state index in [-0.39, 0.29) is 12.5 Å². The molecule has 4 rings (SSSR count). The minimum Gasteiger partial charge on any atom is -0.496 e. The molecule has 0 fully saturated rings. The molecule has 0 radical (unpaired) electrons. The van der Waals surface area contributed by atoms with Crippen molar-refractivity contribution in [1.29, 1.82) is 0 Å². The standard InChI is InChI=1S/C24H18ClNO5/c1-29-22-13-16(26-23(27)14-30-21-9-5-3-7-19(21)25)10-11-17(22)18-12-15-6-2-4-8-20(15)31-24(18)28/h2-13H,14H2,1H3,(H,26,27). The van der Waals surface area contributed by atoms with Crippen LogP contribution in [0.2, 0.25) is 5.02 Å². The Hall–Kier alpha value is -3.77. The number of carbonyl (C=O) groups excluding carboxylic acids is 1. The molecule has 6 nitrogen and oxygen atoms in total. The van der Waals surface area contributed by atoms with E-state index in [1.54, 1.807) is 60.7 Å². The summed E-state index contributed by atoms with van der Waals surface area (Å²) in [4.78, 5) is 24.8. The molecule has 7 heteroatoms. The molecular formula is C24H18ClNO5. The van der Waals surface area contributed by atoms with E-state index in [1.807, 2.05) is 12.1 Å². The van der Waals surface area contributed by atoms with Crippen LogP contribution in [0.1, 0.15) is 0 Å². The van der Waals surface area contributed by atoms with E-state index in [4.69, 9.17) is 25.5 Å². The van der Waals surface area contributed by atoms with Crippen molar-refractivity contribution in [3.63, 3.8) is 0 Å². The van der Waals surface area contributed by atoms with Crippen LogP contribution < -0.4 is 20.4 Å². The number of methoxy groups -OCH3 is 1. The summed E-state index contributed by atoms with van der Waals surface area (Å²) in [5.41, 5.74) is 1.47. The lowest BCUT2D eigenvalue weighted by Crippen LogP contribution is -2.20. The lowest BCUT2D eigenvalue weighted by molar-refractivity contribution is -0.118. The lowest BCUT2D eigenvalue weighted by Gasteiger charge is -2.12. The smallest absolute Gasteiger partial charge is 0.344 e. The molecule has 1 aromatic heterocycles. The molecule has 156 valence electrons. The predicted molar refractivity (Wildman–Crippen MR) is 120 cm³/mol. The van der Waals surface area contributed by atoms with Crippen LogP contribution in [-0.2, 0) is 4.79 Å². The Morgan fingerprint density at radius 2 is 1.74 bits per heavy atom. The number of carbonyl (C=O) groups is 1. The first-order chi connectivity index (χ1) is 15.0. The molecule has 31 heavy (non-hydrogen) atoms. The van der Waals surface area contributed by atoms with Gasteiger partial charge in [-0.05, 0) is 36.4 Å². The number of amides is 1. The number of hydrogen-bond donors (Lipinski definition) is 1. The highest BCUT2D eigenvalue weighted by molar-refractivity contribution is 6.32. The zero-order chi connectivity index (χ0) is 21.8. The predicted octanol–water partition coefficient (Wildman–Crippen LogP) is 5.14. The summed E-state index contributed by atoms with van der Waals surface area (Å²) in [6.07, 6.45) is 0. The van der Waals surface area contributed by atoms with Gasteiger partial charge in [0.25, 0.3) is 5.91 Å². The Balaban J connectivity index is 1.54. The van der Waals surface area contributed by atoms with Crippen molar-refractivity contribution in [1.82, 2.24) is 0 Å². The molecule has 0 atom stereocenters. The van der Waals surface area contributed by atoms with Gasteiger partial charge in [0, 0.05) is 22.7 Å². The molecular weight excluding hydrogens is 418 g/mol. The van der Waals surface area contributed by atoms with Gasteiger partial charge in [-0.1, -0.05) is 41.9 Å². The maximum absolute atomic E-state index is 12.5. The van der Waals surface area contributed by atoms with E-state index in [1.165, 1.54) is 7.11 Å². The molecule has 4 aromatic rings. The second kappa shape index (κ2) is 8.93. The lowest BCUT2D eigenvalue weighted by atomic mass is 10.0. The number of halogens is 1. The highest BCUT2D eigenvalue weighted by atomic mass is 35.5. The molecule has 0 saturated carbocycles. The Kier molecular flexibility index (Phi) is 5.91. The van der Waals surface area contributed by atoms with Gasteiger partial charge < -0.3 is 19.2 Å². The van der Waals surface area contributed by atoms with Gasteiger partial charge in [0.15, 0.2) is 6.61 Å². The number of hydrogen-bond acceptors (Lipinski definition) is 5. The number of benzene rings is 3. The van der Waals surface area contributed by atoms with Crippen LogP contribution in [-0.4, -0.2) is 19.6 Å². The Morgan fingerprint density at radius 1 is 0.968 bits per heavy atom. The third-order valence-corrected chi connectivity index (χ3v) is 4.92. The van der Waals surface area contributed by atoms with E-state index in [9.17, 15) is 9.59 Å². The van der Waals surface area contributed by atoms with Crippen molar-refractivity contribution in [3.8, 4) is 22.6 Å². The van der Waals surface area contributed by atoms with Crippen LogP contribution in [0.3, 0.4) is 0 Å². The molecule has 0 unspecified atom stereocenters. The van der Waals surface area contributed by atoms with Gasteiger partial charge in [0.05, 0.1) is 17.7 Å². The number of anilines is 1. The number of rotatable bonds is 6. The second-order valence-electron chi connectivity index (χ2n) is 6.67. The number of fused-ring (bicyclic) bond motifs is 1. The number of nitrogens with one attached hydrogen (secondary N) is 1. The van der Waals surface area contributed by atoms with Crippen molar-refractivity contribution < 1.29 is 18.7 Å². The zero-order valence-corrected chi connectivity index (χ0v) is 17.3. The normalized spacial score (nSPS) is 10.6. The Morgan fingerprint density at radius 3 is 2.55 bits per heavy atom. The van der Waals surface area contributed by atoms with E-state index in [2.05, 4.69) is 5.32 Å². The van der Waals surface area contributed by atoms with Crippen molar-refractivity contribution in [2.75, 3.05) is 19.0 Å².